The second-order valence-electron chi connectivity index (χ2n) is 11.6. The maximum absolute atomic E-state index is 13.7. The zero-order chi connectivity index (χ0) is 24.6. The quantitative estimate of drug-likeness (QED) is 0.609. The second-order valence-corrected chi connectivity index (χ2v) is 11.6. The van der Waals surface area contributed by atoms with Crippen LogP contribution in [-0.2, 0) is 5.41 Å². The average Bonchev–Trinajstić information content (AvgIpc) is 3.67. The minimum atomic E-state index is -0.490. The lowest BCUT2D eigenvalue weighted by atomic mass is 9.56. The van der Waals surface area contributed by atoms with Crippen molar-refractivity contribution < 1.29 is 15.0 Å². The molecule has 4 atom stereocenters. The molecule has 2 saturated carbocycles. The number of nitrogens with zero attached hydrogens (tertiary/aromatic N) is 2. The molecule has 5 nitrogen and oxygen atoms in total. The molecule has 2 aromatic rings. The van der Waals surface area contributed by atoms with Crippen molar-refractivity contribution in [3.8, 4) is 5.75 Å². The van der Waals surface area contributed by atoms with Gasteiger partial charge in [0.05, 0.1) is 6.10 Å². The van der Waals surface area contributed by atoms with Crippen LogP contribution in [0, 0.1) is 17.8 Å². The molecule has 5 heteroatoms. The highest BCUT2D eigenvalue weighted by Gasteiger charge is 2.53. The Hall–Kier alpha value is -2.37. The molecule has 2 N–H and O–H groups in total. The van der Waals surface area contributed by atoms with Gasteiger partial charge in [-0.2, -0.15) is 0 Å². The number of hydrogen-bond acceptors (Lipinski definition) is 4. The van der Waals surface area contributed by atoms with E-state index in [2.05, 4.69) is 24.8 Å². The molecule has 0 aromatic heterocycles. The van der Waals surface area contributed by atoms with Crippen LogP contribution in [0.4, 0.5) is 0 Å². The lowest BCUT2D eigenvalue weighted by Crippen LogP contribution is -2.61. The summed E-state index contributed by atoms with van der Waals surface area (Å²) in [5.41, 5.74) is 1.55. The Morgan fingerprint density at radius 2 is 1.91 bits per heavy atom. The second kappa shape index (κ2) is 9.94. The molecule has 35 heavy (non-hydrogen) atoms. The Kier molecular flexibility index (Phi) is 6.91. The molecule has 1 aliphatic heterocycles. The van der Waals surface area contributed by atoms with Crippen LogP contribution in [0.1, 0.15) is 61.9 Å². The number of fused-ring (bicyclic) bond motifs is 1. The van der Waals surface area contributed by atoms with Crippen LogP contribution in [0.25, 0.3) is 0 Å². The third kappa shape index (κ3) is 5.12. The number of carbonyl (C=O) groups excluding carboxylic acids is 1. The van der Waals surface area contributed by atoms with Gasteiger partial charge >= 0.3 is 0 Å². The lowest BCUT2D eigenvalue weighted by molar-refractivity contribution is -0.0655. The minimum Gasteiger partial charge on any atom is -0.508 e. The maximum Gasteiger partial charge on any atom is 0.254 e. The van der Waals surface area contributed by atoms with Crippen LogP contribution in [0.2, 0.25) is 0 Å². The van der Waals surface area contributed by atoms with Crippen LogP contribution in [0.15, 0.2) is 54.6 Å². The van der Waals surface area contributed by atoms with Gasteiger partial charge in [0.1, 0.15) is 5.75 Å². The van der Waals surface area contributed by atoms with Crippen molar-refractivity contribution in [2.75, 3.05) is 26.2 Å². The van der Waals surface area contributed by atoms with E-state index < -0.39 is 6.10 Å². The van der Waals surface area contributed by atoms with Crippen molar-refractivity contribution in [3.05, 3.63) is 65.7 Å². The van der Waals surface area contributed by atoms with Crippen LogP contribution in [0.3, 0.4) is 0 Å². The molecule has 5 rings (SSSR count). The molecule has 3 aliphatic rings. The normalized spacial score (nSPS) is 29.1. The predicted molar refractivity (Wildman–Crippen MR) is 138 cm³/mol. The molecule has 1 saturated heterocycles. The van der Waals surface area contributed by atoms with Gasteiger partial charge < -0.3 is 20.0 Å². The van der Waals surface area contributed by atoms with Crippen LogP contribution < -0.4 is 0 Å². The first kappa shape index (κ1) is 24.3. The summed E-state index contributed by atoms with van der Waals surface area (Å²) >= 11 is 0. The van der Waals surface area contributed by atoms with Crippen molar-refractivity contribution in [2.45, 2.75) is 63.5 Å². The first-order valence-electron chi connectivity index (χ1n) is 13.4. The summed E-state index contributed by atoms with van der Waals surface area (Å²) in [6.07, 6.45) is 4.53. The van der Waals surface area contributed by atoms with Crippen molar-refractivity contribution in [1.29, 1.82) is 0 Å². The molecule has 0 spiro atoms. The number of benzene rings is 2. The van der Waals surface area contributed by atoms with Crippen LogP contribution in [-0.4, -0.2) is 64.2 Å². The molecule has 3 fully saturated rings. The van der Waals surface area contributed by atoms with E-state index in [0.717, 1.165) is 44.0 Å². The summed E-state index contributed by atoms with van der Waals surface area (Å²) < 4.78 is 0. The summed E-state index contributed by atoms with van der Waals surface area (Å²) in [5, 5.41) is 22.0. The van der Waals surface area contributed by atoms with Gasteiger partial charge in [-0.25, -0.2) is 0 Å². The number of aliphatic hydroxyl groups is 1. The molecule has 2 aliphatic carbocycles. The number of rotatable bonds is 7. The largest absolute Gasteiger partial charge is 0.508 e. The monoisotopic (exact) mass is 476 g/mol. The van der Waals surface area contributed by atoms with E-state index >= 15 is 0 Å². The first-order valence-corrected chi connectivity index (χ1v) is 13.4. The van der Waals surface area contributed by atoms with E-state index in [1.807, 2.05) is 47.4 Å². The molecule has 1 amide bonds. The zero-order valence-electron chi connectivity index (χ0n) is 21.1. The fraction of sp³-hybridized carbons (Fsp3) is 0.567. The van der Waals surface area contributed by atoms with E-state index in [4.69, 9.17) is 0 Å². The topological polar surface area (TPSA) is 64.0 Å². The van der Waals surface area contributed by atoms with Gasteiger partial charge in [0.15, 0.2) is 0 Å². The molecule has 1 heterocycles. The van der Waals surface area contributed by atoms with Crippen molar-refractivity contribution in [1.82, 2.24) is 9.80 Å². The minimum absolute atomic E-state index is 0.0475. The number of aromatic hydroxyl groups is 1. The standard InChI is InChI=1S/C30H40N2O3/c1-21(2)18-32(29(35)23-7-4-3-5-8-23)25-16-28(34)27-20-31(19-22-11-12-22)14-13-30(27,17-25)24-9-6-10-26(33)15-24/h3-10,15,21-22,25,27-28,33-34H,11-14,16-20H2,1-2H3/t25-,27?,28?,30?/m0/s1. The summed E-state index contributed by atoms with van der Waals surface area (Å²) in [4.78, 5) is 18.3. The summed E-state index contributed by atoms with van der Waals surface area (Å²) in [6.45, 7) is 7.98. The SMILES string of the molecule is CC(C)CN(C(=O)c1ccccc1)[C@H]1CC(O)C2CN(CC3CC3)CCC2(c2cccc(O)c2)C1. The highest BCUT2D eigenvalue weighted by atomic mass is 16.3. The zero-order valence-corrected chi connectivity index (χ0v) is 21.1. The number of aliphatic hydroxyl groups excluding tert-OH is 1. The van der Waals surface area contributed by atoms with E-state index in [-0.39, 0.29) is 29.0 Å². The fourth-order valence-electron chi connectivity index (χ4n) is 6.68. The number of hydrogen-bond donors (Lipinski definition) is 2. The van der Waals surface area contributed by atoms with Gasteiger partial charge in [-0.3, -0.25) is 4.79 Å². The summed E-state index contributed by atoms with van der Waals surface area (Å²) in [7, 11) is 0. The van der Waals surface area contributed by atoms with E-state index in [1.165, 1.54) is 12.8 Å². The number of phenolic OH excluding ortho intramolecular Hbond substituents is 1. The molecular formula is C30H40N2O3. The average molecular weight is 477 g/mol. The molecule has 3 unspecified atom stereocenters. The highest BCUT2D eigenvalue weighted by molar-refractivity contribution is 5.94. The molecule has 2 aromatic carbocycles. The number of likely N-dealkylation sites (tertiary alicyclic amines) is 1. The first-order chi connectivity index (χ1) is 16.9. The molecule has 0 bridgehead atoms. The number of carbonyl (C=O) groups is 1. The smallest absolute Gasteiger partial charge is 0.254 e. The Bertz CT molecular complexity index is 1020. The highest BCUT2D eigenvalue weighted by Crippen LogP contribution is 2.51. The van der Waals surface area contributed by atoms with Gasteiger partial charge in [-0.15, -0.1) is 0 Å². The Balaban J connectivity index is 1.49. The maximum atomic E-state index is 13.7. The third-order valence-corrected chi connectivity index (χ3v) is 8.54. The van der Waals surface area contributed by atoms with Gasteiger partial charge in [-0.1, -0.05) is 44.2 Å². The van der Waals surface area contributed by atoms with Crippen molar-refractivity contribution in [3.63, 3.8) is 0 Å². The molecule has 0 radical (unpaired) electrons. The van der Waals surface area contributed by atoms with Gasteiger partial charge in [0.2, 0.25) is 0 Å². The predicted octanol–water partition coefficient (Wildman–Crippen LogP) is 4.68. The Morgan fingerprint density at radius 1 is 1.14 bits per heavy atom. The van der Waals surface area contributed by atoms with E-state index in [1.54, 1.807) is 6.07 Å². The summed E-state index contributed by atoms with van der Waals surface area (Å²) in [5.74, 6) is 1.57. The molecule has 188 valence electrons. The number of amides is 1. The van der Waals surface area contributed by atoms with Crippen molar-refractivity contribution in [2.24, 2.45) is 17.8 Å². The van der Waals surface area contributed by atoms with Gasteiger partial charge in [0.25, 0.3) is 5.91 Å². The van der Waals surface area contributed by atoms with Gasteiger partial charge in [0, 0.05) is 42.6 Å². The van der Waals surface area contributed by atoms with Crippen molar-refractivity contribution >= 4 is 5.91 Å². The molecular weight excluding hydrogens is 436 g/mol. The summed E-state index contributed by atoms with van der Waals surface area (Å²) in [6, 6.07) is 17.1. The number of piperidine rings is 1. The van der Waals surface area contributed by atoms with Crippen LogP contribution >= 0.6 is 0 Å². The Morgan fingerprint density at radius 3 is 2.60 bits per heavy atom. The third-order valence-electron chi connectivity index (χ3n) is 8.54. The van der Waals surface area contributed by atoms with Gasteiger partial charge in [-0.05, 0) is 80.3 Å². The van der Waals surface area contributed by atoms with E-state index in [9.17, 15) is 15.0 Å². The van der Waals surface area contributed by atoms with Crippen LogP contribution in [0.5, 0.6) is 5.75 Å². The number of phenols is 1. The lowest BCUT2D eigenvalue weighted by Gasteiger charge is -2.56. The van der Waals surface area contributed by atoms with E-state index in [0.29, 0.717) is 24.4 Å². The fourth-order valence-corrected chi connectivity index (χ4v) is 6.68. The Labute approximate surface area is 209 Å².